The van der Waals surface area contributed by atoms with Gasteiger partial charge >= 0.3 is 0 Å². The molecule has 0 aliphatic heterocycles. The average Bonchev–Trinajstić information content (AvgIpc) is 1.99. The summed E-state index contributed by atoms with van der Waals surface area (Å²) in [5.74, 6) is 0.287. The summed E-state index contributed by atoms with van der Waals surface area (Å²) in [4.78, 5) is 0. The number of hydrogen-bond donors (Lipinski definition) is 2. The van der Waals surface area contributed by atoms with Gasteiger partial charge in [0.2, 0.25) is 0 Å². The zero-order valence-electron chi connectivity index (χ0n) is 6.88. The van der Waals surface area contributed by atoms with Crippen LogP contribution in [0.25, 0.3) is 0 Å². The molecule has 0 amide bonds. The largest absolute Gasteiger partial charge is 0.396 e. The molecule has 2 unspecified atom stereocenters. The van der Waals surface area contributed by atoms with Gasteiger partial charge in [0.15, 0.2) is 0 Å². The molecule has 0 aromatic heterocycles. The SMILES string of the molecule is CCC(O)CC(CC)CO. The Labute approximate surface area is 62.9 Å². The second kappa shape index (κ2) is 5.69. The van der Waals surface area contributed by atoms with Crippen molar-refractivity contribution in [2.75, 3.05) is 6.61 Å². The second-order valence-electron chi connectivity index (χ2n) is 2.75. The van der Waals surface area contributed by atoms with E-state index in [9.17, 15) is 5.11 Å². The Kier molecular flexibility index (Phi) is 5.64. The minimum atomic E-state index is -0.225. The molecule has 62 valence electrons. The highest BCUT2D eigenvalue weighted by molar-refractivity contribution is 4.61. The summed E-state index contributed by atoms with van der Waals surface area (Å²) in [5.41, 5.74) is 0. The molecule has 0 bridgehead atoms. The minimum Gasteiger partial charge on any atom is -0.396 e. The number of hydrogen-bond acceptors (Lipinski definition) is 2. The molecule has 2 atom stereocenters. The fraction of sp³-hybridized carbons (Fsp3) is 1.00. The minimum absolute atomic E-state index is 0.202. The first-order valence-electron chi connectivity index (χ1n) is 4.03. The third kappa shape index (κ3) is 3.85. The molecule has 0 saturated heterocycles. The van der Waals surface area contributed by atoms with Crippen LogP contribution in [0.2, 0.25) is 0 Å². The number of aliphatic hydroxyl groups excluding tert-OH is 2. The Morgan fingerprint density at radius 2 is 1.80 bits per heavy atom. The van der Waals surface area contributed by atoms with Gasteiger partial charge < -0.3 is 10.2 Å². The van der Waals surface area contributed by atoms with Gasteiger partial charge in [0, 0.05) is 6.61 Å². The van der Waals surface area contributed by atoms with Crippen LogP contribution in [0.3, 0.4) is 0 Å². The summed E-state index contributed by atoms with van der Waals surface area (Å²) in [6, 6.07) is 0. The molecule has 2 heteroatoms. The third-order valence-corrected chi connectivity index (χ3v) is 1.91. The number of rotatable bonds is 5. The van der Waals surface area contributed by atoms with Crippen molar-refractivity contribution >= 4 is 0 Å². The van der Waals surface area contributed by atoms with E-state index in [2.05, 4.69) is 0 Å². The molecule has 0 rings (SSSR count). The van der Waals surface area contributed by atoms with Crippen molar-refractivity contribution < 1.29 is 10.2 Å². The lowest BCUT2D eigenvalue weighted by molar-refractivity contribution is 0.111. The van der Waals surface area contributed by atoms with Crippen molar-refractivity contribution in [2.24, 2.45) is 5.92 Å². The van der Waals surface area contributed by atoms with Gasteiger partial charge in [-0.15, -0.1) is 0 Å². The van der Waals surface area contributed by atoms with E-state index >= 15 is 0 Å². The monoisotopic (exact) mass is 146 g/mol. The highest BCUT2D eigenvalue weighted by atomic mass is 16.3. The highest BCUT2D eigenvalue weighted by Crippen LogP contribution is 2.11. The van der Waals surface area contributed by atoms with Gasteiger partial charge in [0.25, 0.3) is 0 Å². The van der Waals surface area contributed by atoms with Crippen LogP contribution in [0.4, 0.5) is 0 Å². The first-order valence-corrected chi connectivity index (χ1v) is 4.03. The summed E-state index contributed by atoms with van der Waals surface area (Å²) in [7, 11) is 0. The third-order valence-electron chi connectivity index (χ3n) is 1.91. The Bertz CT molecular complexity index is 69.7. The van der Waals surface area contributed by atoms with Crippen molar-refractivity contribution in [3.8, 4) is 0 Å². The molecule has 0 fully saturated rings. The van der Waals surface area contributed by atoms with Gasteiger partial charge in [-0.25, -0.2) is 0 Å². The van der Waals surface area contributed by atoms with Crippen LogP contribution in [0.15, 0.2) is 0 Å². The van der Waals surface area contributed by atoms with Crippen LogP contribution in [0.1, 0.15) is 33.1 Å². The molecule has 2 nitrogen and oxygen atoms in total. The lowest BCUT2D eigenvalue weighted by atomic mass is 9.99. The van der Waals surface area contributed by atoms with Gasteiger partial charge in [-0.05, 0) is 18.8 Å². The van der Waals surface area contributed by atoms with E-state index in [1.165, 1.54) is 0 Å². The second-order valence-corrected chi connectivity index (χ2v) is 2.75. The maximum Gasteiger partial charge on any atom is 0.0541 e. The Balaban J connectivity index is 3.41. The molecule has 0 aromatic rings. The van der Waals surface area contributed by atoms with Gasteiger partial charge in [0.05, 0.1) is 6.10 Å². The van der Waals surface area contributed by atoms with Crippen LogP contribution in [-0.4, -0.2) is 22.9 Å². The fourth-order valence-corrected chi connectivity index (χ4v) is 0.922. The molecule has 0 aromatic carbocycles. The van der Waals surface area contributed by atoms with E-state index in [0.717, 1.165) is 19.3 Å². The van der Waals surface area contributed by atoms with Gasteiger partial charge in [-0.1, -0.05) is 20.3 Å². The van der Waals surface area contributed by atoms with Gasteiger partial charge in [-0.2, -0.15) is 0 Å². The van der Waals surface area contributed by atoms with Crippen molar-refractivity contribution in [3.63, 3.8) is 0 Å². The predicted molar refractivity (Wildman–Crippen MR) is 41.8 cm³/mol. The smallest absolute Gasteiger partial charge is 0.0541 e. The van der Waals surface area contributed by atoms with Crippen LogP contribution in [0, 0.1) is 5.92 Å². The maximum absolute atomic E-state index is 9.18. The average molecular weight is 146 g/mol. The summed E-state index contributed by atoms with van der Waals surface area (Å²) in [6.07, 6.45) is 2.25. The Morgan fingerprint density at radius 3 is 2.10 bits per heavy atom. The van der Waals surface area contributed by atoms with Crippen molar-refractivity contribution in [1.29, 1.82) is 0 Å². The summed E-state index contributed by atoms with van der Waals surface area (Å²) < 4.78 is 0. The standard InChI is InChI=1S/C8H18O2/c1-3-7(6-9)5-8(10)4-2/h7-10H,3-6H2,1-2H3. The Hall–Kier alpha value is -0.0800. The molecule has 0 radical (unpaired) electrons. The highest BCUT2D eigenvalue weighted by Gasteiger charge is 2.09. The zero-order valence-corrected chi connectivity index (χ0v) is 6.88. The van der Waals surface area contributed by atoms with Crippen LogP contribution in [-0.2, 0) is 0 Å². The maximum atomic E-state index is 9.18. The van der Waals surface area contributed by atoms with E-state index in [1.807, 2.05) is 13.8 Å². The van der Waals surface area contributed by atoms with E-state index in [0.29, 0.717) is 0 Å². The van der Waals surface area contributed by atoms with Gasteiger partial charge in [0.1, 0.15) is 0 Å². The molecule has 0 heterocycles. The summed E-state index contributed by atoms with van der Waals surface area (Å²) in [5, 5.41) is 17.9. The molecular formula is C8H18O2. The van der Waals surface area contributed by atoms with Crippen LogP contribution in [0.5, 0.6) is 0 Å². The Morgan fingerprint density at radius 1 is 1.20 bits per heavy atom. The van der Waals surface area contributed by atoms with Crippen LogP contribution < -0.4 is 0 Å². The molecule has 0 spiro atoms. The first-order chi connectivity index (χ1) is 4.74. The van der Waals surface area contributed by atoms with E-state index in [1.54, 1.807) is 0 Å². The summed E-state index contributed by atoms with van der Waals surface area (Å²) >= 11 is 0. The molecule has 10 heavy (non-hydrogen) atoms. The fourth-order valence-electron chi connectivity index (χ4n) is 0.922. The van der Waals surface area contributed by atoms with Crippen molar-refractivity contribution in [3.05, 3.63) is 0 Å². The molecular weight excluding hydrogens is 128 g/mol. The zero-order chi connectivity index (χ0) is 7.98. The van der Waals surface area contributed by atoms with Gasteiger partial charge in [-0.3, -0.25) is 0 Å². The number of aliphatic hydroxyl groups is 2. The predicted octanol–water partition coefficient (Wildman–Crippen LogP) is 1.17. The molecule has 0 aliphatic carbocycles. The topological polar surface area (TPSA) is 40.5 Å². The lowest BCUT2D eigenvalue weighted by Crippen LogP contribution is -2.14. The normalized spacial score (nSPS) is 16.8. The van der Waals surface area contributed by atoms with E-state index < -0.39 is 0 Å². The molecule has 2 N–H and O–H groups in total. The van der Waals surface area contributed by atoms with Crippen molar-refractivity contribution in [2.45, 2.75) is 39.2 Å². The van der Waals surface area contributed by atoms with E-state index in [-0.39, 0.29) is 18.6 Å². The quantitative estimate of drug-likeness (QED) is 0.611. The van der Waals surface area contributed by atoms with E-state index in [4.69, 9.17) is 5.11 Å². The molecule has 0 saturated carbocycles. The molecule has 0 aliphatic rings. The summed E-state index contributed by atoms with van der Waals surface area (Å²) in [6.45, 7) is 4.19. The lowest BCUT2D eigenvalue weighted by Gasteiger charge is -2.14. The first kappa shape index (κ1) is 9.92. The van der Waals surface area contributed by atoms with Crippen LogP contribution >= 0.6 is 0 Å². The van der Waals surface area contributed by atoms with Crippen molar-refractivity contribution in [1.82, 2.24) is 0 Å².